The SMILES string of the molecule is CCCn1c(SCC(=O)NCc2ccco2)nnc1-c1ccccn1. The summed E-state index contributed by atoms with van der Waals surface area (Å²) < 4.78 is 7.20. The fourth-order valence-corrected chi connectivity index (χ4v) is 3.08. The van der Waals surface area contributed by atoms with Crippen molar-refractivity contribution in [3.8, 4) is 11.5 Å². The van der Waals surface area contributed by atoms with E-state index in [1.54, 1.807) is 18.5 Å². The van der Waals surface area contributed by atoms with Crippen LogP contribution in [0.1, 0.15) is 19.1 Å². The molecule has 0 saturated carbocycles. The number of pyridine rings is 1. The van der Waals surface area contributed by atoms with E-state index < -0.39 is 0 Å². The molecule has 0 atom stereocenters. The molecule has 8 heteroatoms. The molecule has 3 rings (SSSR count). The smallest absolute Gasteiger partial charge is 0.230 e. The fourth-order valence-electron chi connectivity index (χ4n) is 2.29. The lowest BCUT2D eigenvalue weighted by molar-refractivity contribution is -0.118. The van der Waals surface area contributed by atoms with Gasteiger partial charge in [-0.3, -0.25) is 9.78 Å². The molecule has 25 heavy (non-hydrogen) atoms. The average Bonchev–Trinajstić information content (AvgIpc) is 3.29. The maximum Gasteiger partial charge on any atom is 0.230 e. The summed E-state index contributed by atoms with van der Waals surface area (Å²) in [5.41, 5.74) is 0.776. The van der Waals surface area contributed by atoms with Crippen molar-refractivity contribution in [3.63, 3.8) is 0 Å². The number of thioether (sulfide) groups is 1. The lowest BCUT2D eigenvalue weighted by Gasteiger charge is -2.08. The second kappa shape index (κ2) is 8.48. The summed E-state index contributed by atoms with van der Waals surface area (Å²) in [6.07, 6.45) is 4.26. The highest BCUT2D eigenvalue weighted by Crippen LogP contribution is 2.22. The second-order valence-corrected chi connectivity index (χ2v) is 6.26. The summed E-state index contributed by atoms with van der Waals surface area (Å²) in [5, 5.41) is 12.0. The number of amides is 1. The number of hydrogen-bond acceptors (Lipinski definition) is 6. The summed E-state index contributed by atoms with van der Waals surface area (Å²) in [7, 11) is 0. The van der Waals surface area contributed by atoms with Crippen LogP contribution in [0.5, 0.6) is 0 Å². The molecule has 0 fully saturated rings. The topological polar surface area (TPSA) is 85.8 Å². The number of furan rings is 1. The van der Waals surface area contributed by atoms with Crippen LogP contribution >= 0.6 is 11.8 Å². The number of aromatic nitrogens is 4. The van der Waals surface area contributed by atoms with Crippen molar-refractivity contribution in [3.05, 3.63) is 48.6 Å². The van der Waals surface area contributed by atoms with E-state index in [9.17, 15) is 4.79 Å². The fraction of sp³-hybridized carbons (Fsp3) is 0.294. The van der Waals surface area contributed by atoms with Gasteiger partial charge in [0.05, 0.1) is 18.6 Å². The largest absolute Gasteiger partial charge is 0.467 e. The molecule has 0 unspecified atom stereocenters. The summed E-state index contributed by atoms with van der Waals surface area (Å²) in [6, 6.07) is 9.30. The van der Waals surface area contributed by atoms with Gasteiger partial charge in [0.1, 0.15) is 11.5 Å². The third kappa shape index (κ3) is 4.48. The quantitative estimate of drug-likeness (QED) is 0.624. The molecule has 130 valence electrons. The molecule has 0 aliphatic rings. The first-order chi connectivity index (χ1) is 12.3. The van der Waals surface area contributed by atoms with Crippen LogP contribution in [0, 0.1) is 0 Å². The van der Waals surface area contributed by atoms with Crippen molar-refractivity contribution in [2.75, 3.05) is 5.75 Å². The van der Waals surface area contributed by atoms with Crippen molar-refractivity contribution >= 4 is 17.7 Å². The van der Waals surface area contributed by atoms with E-state index in [2.05, 4.69) is 27.4 Å². The van der Waals surface area contributed by atoms with Gasteiger partial charge in [-0.1, -0.05) is 24.8 Å². The van der Waals surface area contributed by atoms with Gasteiger partial charge < -0.3 is 14.3 Å². The van der Waals surface area contributed by atoms with Gasteiger partial charge in [0.25, 0.3) is 0 Å². The zero-order valence-electron chi connectivity index (χ0n) is 13.9. The number of carbonyl (C=O) groups excluding carboxylic acids is 1. The Morgan fingerprint density at radius 3 is 2.92 bits per heavy atom. The molecule has 0 radical (unpaired) electrons. The van der Waals surface area contributed by atoms with Crippen molar-refractivity contribution in [1.29, 1.82) is 0 Å². The van der Waals surface area contributed by atoms with Crippen LogP contribution in [0.2, 0.25) is 0 Å². The highest BCUT2D eigenvalue weighted by Gasteiger charge is 2.15. The van der Waals surface area contributed by atoms with Gasteiger partial charge in [0, 0.05) is 12.7 Å². The van der Waals surface area contributed by atoms with E-state index >= 15 is 0 Å². The highest BCUT2D eigenvalue weighted by atomic mass is 32.2. The predicted molar refractivity (Wildman–Crippen MR) is 94.8 cm³/mol. The lowest BCUT2D eigenvalue weighted by Crippen LogP contribution is -2.24. The van der Waals surface area contributed by atoms with E-state index in [0.717, 1.165) is 35.4 Å². The Balaban J connectivity index is 1.64. The maximum atomic E-state index is 12.0. The first-order valence-corrected chi connectivity index (χ1v) is 9.03. The van der Waals surface area contributed by atoms with Gasteiger partial charge in [-0.05, 0) is 30.7 Å². The van der Waals surface area contributed by atoms with E-state index in [1.807, 2.05) is 28.8 Å². The Morgan fingerprint density at radius 2 is 2.20 bits per heavy atom. The Bertz CT molecular complexity index is 802. The van der Waals surface area contributed by atoms with Crippen LogP contribution in [0.4, 0.5) is 0 Å². The first-order valence-electron chi connectivity index (χ1n) is 8.04. The molecule has 7 nitrogen and oxygen atoms in total. The van der Waals surface area contributed by atoms with Crippen LogP contribution in [-0.2, 0) is 17.9 Å². The monoisotopic (exact) mass is 357 g/mol. The van der Waals surface area contributed by atoms with Gasteiger partial charge in [-0.15, -0.1) is 10.2 Å². The summed E-state index contributed by atoms with van der Waals surface area (Å²) in [5.74, 6) is 1.64. The molecule has 0 aliphatic heterocycles. The minimum Gasteiger partial charge on any atom is -0.467 e. The number of carbonyl (C=O) groups is 1. The van der Waals surface area contributed by atoms with Crippen LogP contribution in [0.3, 0.4) is 0 Å². The summed E-state index contributed by atoms with van der Waals surface area (Å²) >= 11 is 1.37. The van der Waals surface area contributed by atoms with Gasteiger partial charge in [0.2, 0.25) is 5.91 Å². The molecule has 1 N–H and O–H groups in total. The molecule has 0 aliphatic carbocycles. The van der Waals surface area contributed by atoms with Gasteiger partial charge >= 0.3 is 0 Å². The number of nitrogens with one attached hydrogen (secondary N) is 1. The Labute approximate surface area is 149 Å². The summed E-state index contributed by atoms with van der Waals surface area (Å²) in [6.45, 7) is 3.25. The molecule has 0 bridgehead atoms. The molecular formula is C17H19N5O2S. The van der Waals surface area contributed by atoms with Crippen molar-refractivity contribution in [1.82, 2.24) is 25.1 Å². The van der Waals surface area contributed by atoms with Crippen LogP contribution in [0.25, 0.3) is 11.5 Å². The molecular weight excluding hydrogens is 338 g/mol. The minimum absolute atomic E-state index is 0.0770. The second-order valence-electron chi connectivity index (χ2n) is 5.32. The standard InChI is InChI=1S/C17H19N5O2S/c1-2-9-22-16(14-7-3-4-8-18-14)20-21-17(22)25-12-15(23)19-11-13-6-5-10-24-13/h3-8,10H,2,9,11-12H2,1H3,(H,19,23). The highest BCUT2D eigenvalue weighted by molar-refractivity contribution is 7.99. The molecule has 3 aromatic rings. The average molecular weight is 357 g/mol. The molecule has 0 spiro atoms. The summed E-state index contributed by atoms with van der Waals surface area (Å²) in [4.78, 5) is 16.4. The molecule has 0 saturated heterocycles. The third-order valence-electron chi connectivity index (χ3n) is 3.43. The van der Waals surface area contributed by atoms with E-state index in [-0.39, 0.29) is 11.7 Å². The Morgan fingerprint density at radius 1 is 1.28 bits per heavy atom. The van der Waals surface area contributed by atoms with Crippen molar-refractivity contribution in [2.24, 2.45) is 0 Å². The normalized spacial score (nSPS) is 10.8. The lowest BCUT2D eigenvalue weighted by atomic mass is 10.3. The number of hydrogen-bond donors (Lipinski definition) is 1. The van der Waals surface area contributed by atoms with Crippen molar-refractivity contribution < 1.29 is 9.21 Å². The molecule has 0 aromatic carbocycles. The Hall–Kier alpha value is -2.61. The number of nitrogens with zero attached hydrogens (tertiary/aromatic N) is 4. The zero-order chi connectivity index (χ0) is 17.5. The molecule has 3 heterocycles. The predicted octanol–water partition coefficient (Wildman–Crippen LogP) is 2.75. The van der Waals surface area contributed by atoms with E-state index in [4.69, 9.17) is 4.42 Å². The zero-order valence-corrected chi connectivity index (χ0v) is 14.7. The van der Waals surface area contributed by atoms with Gasteiger partial charge in [-0.25, -0.2) is 0 Å². The molecule has 1 amide bonds. The van der Waals surface area contributed by atoms with Crippen LogP contribution in [0.15, 0.2) is 52.4 Å². The van der Waals surface area contributed by atoms with Crippen LogP contribution < -0.4 is 5.32 Å². The third-order valence-corrected chi connectivity index (χ3v) is 4.40. The van der Waals surface area contributed by atoms with Crippen LogP contribution in [-0.4, -0.2) is 31.4 Å². The van der Waals surface area contributed by atoms with E-state index in [0.29, 0.717) is 6.54 Å². The molecule has 3 aromatic heterocycles. The van der Waals surface area contributed by atoms with E-state index in [1.165, 1.54) is 11.8 Å². The maximum absolute atomic E-state index is 12.0. The van der Waals surface area contributed by atoms with Crippen molar-refractivity contribution in [2.45, 2.75) is 31.6 Å². The minimum atomic E-state index is -0.0770. The first kappa shape index (κ1) is 17.2. The Kier molecular flexibility index (Phi) is 5.84. The van der Waals surface area contributed by atoms with Gasteiger partial charge in [0.15, 0.2) is 11.0 Å². The van der Waals surface area contributed by atoms with Gasteiger partial charge in [-0.2, -0.15) is 0 Å². The number of rotatable bonds is 8.